The third-order valence-electron chi connectivity index (χ3n) is 1.30. The number of rotatable bonds is 1. The first-order valence-corrected chi connectivity index (χ1v) is 4.56. The normalized spacial score (nSPS) is 26.0. The van der Waals surface area contributed by atoms with Crippen molar-refractivity contribution in [1.29, 1.82) is 0 Å². The summed E-state index contributed by atoms with van der Waals surface area (Å²) in [5.41, 5.74) is -0.624. The van der Waals surface area contributed by atoms with Crippen LogP contribution in [0.15, 0.2) is 11.9 Å². The largest absolute Gasteiger partial charge is 0.478 e. The third-order valence-corrected chi connectivity index (χ3v) is 3.16. The molecular weight excluding hydrogens is 135 g/mol. The molecule has 0 aromatic carbocycles. The second-order valence-electron chi connectivity index (χ2n) is 2.00. The summed E-state index contributed by atoms with van der Waals surface area (Å²) in [4.78, 5) is 10.3. The second kappa shape index (κ2) is 2.98. The van der Waals surface area contributed by atoms with Crippen molar-refractivity contribution in [2.75, 3.05) is 6.16 Å². The SMILES string of the molecule is O=C(O)P1C=CCCC1. The maximum Gasteiger partial charge on any atom is 0.327 e. The topological polar surface area (TPSA) is 37.3 Å². The summed E-state index contributed by atoms with van der Waals surface area (Å²) in [6.45, 7) is 0. The summed E-state index contributed by atoms with van der Waals surface area (Å²) >= 11 is 0. The molecule has 0 saturated heterocycles. The molecule has 0 amide bonds. The van der Waals surface area contributed by atoms with Gasteiger partial charge in [0.05, 0.1) is 0 Å². The average Bonchev–Trinajstić information content (AvgIpc) is 1.90. The van der Waals surface area contributed by atoms with Gasteiger partial charge in [-0.2, -0.15) is 0 Å². The Balaban J connectivity index is 2.50. The van der Waals surface area contributed by atoms with Crippen molar-refractivity contribution < 1.29 is 9.90 Å². The van der Waals surface area contributed by atoms with Crippen LogP contribution >= 0.6 is 7.92 Å². The molecule has 1 N–H and O–H groups in total. The predicted octanol–water partition coefficient (Wildman–Crippen LogP) is 2.45. The number of hydrogen-bond acceptors (Lipinski definition) is 1. The molecule has 0 aromatic heterocycles. The van der Waals surface area contributed by atoms with Crippen molar-refractivity contribution in [1.82, 2.24) is 0 Å². The van der Waals surface area contributed by atoms with E-state index in [1.807, 2.05) is 11.9 Å². The van der Waals surface area contributed by atoms with E-state index in [4.69, 9.17) is 5.11 Å². The molecule has 0 aromatic rings. The van der Waals surface area contributed by atoms with Crippen molar-refractivity contribution in [2.24, 2.45) is 0 Å². The lowest BCUT2D eigenvalue weighted by atomic mass is 10.3. The van der Waals surface area contributed by atoms with Crippen LogP contribution in [0.25, 0.3) is 0 Å². The summed E-state index contributed by atoms with van der Waals surface area (Å²) < 4.78 is 0. The summed E-state index contributed by atoms with van der Waals surface area (Å²) in [7, 11) is -0.795. The maximum atomic E-state index is 10.3. The summed E-state index contributed by atoms with van der Waals surface area (Å²) in [6, 6.07) is 0. The first-order valence-electron chi connectivity index (χ1n) is 2.97. The zero-order chi connectivity index (χ0) is 6.69. The molecular formula is C6H9O2P. The number of carbonyl (C=O) groups is 1. The highest BCUT2D eigenvalue weighted by Gasteiger charge is 2.14. The fourth-order valence-electron chi connectivity index (χ4n) is 0.815. The molecule has 0 spiro atoms. The van der Waals surface area contributed by atoms with Gasteiger partial charge in [0, 0.05) is 7.92 Å². The van der Waals surface area contributed by atoms with E-state index in [2.05, 4.69) is 0 Å². The van der Waals surface area contributed by atoms with Crippen LogP contribution in [0.1, 0.15) is 12.8 Å². The van der Waals surface area contributed by atoms with Gasteiger partial charge >= 0.3 is 5.71 Å². The van der Waals surface area contributed by atoms with Crippen molar-refractivity contribution in [3.8, 4) is 0 Å². The Bertz CT molecular complexity index is 142. The third kappa shape index (κ3) is 1.79. The maximum absolute atomic E-state index is 10.3. The van der Waals surface area contributed by atoms with Gasteiger partial charge < -0.3 is 5.11 Å². The minimum absolute atomic E-state index is 0.624. The fraction of sp³-hybridized carbons (Fsp3) is 0.500. The van der Waals surface area contributed by atoms with E-state index in [1.54, 1.807) is 0 Å². The molecule has 2 nitrogen and oxygen atoms in total. The van der Waals surface area contributed by atoms with Gasteiger partial charge in [-0.25, -0.2) is 4.79 Å². The van der Waals surface area contributed by atoms with E-state index in [1.165, 1.54) is 0 Å². The molecule has 1 unspecified atom stereocenters. The van der Waals surface area contributed by atoms with E-state index >= 15 is 0 Å². The van der Waals surface area contributed by atoms with Crippen LogP contribution in [-0.4, -0.2) is 17.0 Å². The first kappa shape index (κ1) is 6.76. The highest BCUT2D eigenvalue weighted by atomic mass is 31.1. The smallest absolute Gasteiger partial charge is 0.327 e. The molecule has 0 aliphatic carbocycles. The lowest BCUT2D eigenvalue weighted by molar-refractivity contribution is 0.221. The Labute approximate surface area is 55.3 Å². The van der Waals surface area contributed by atoms with Crippen LogP contribution in [0.2, 0.25) is 0 Å². The zero-order valence-electron chi connectivity index (χ0n) is 5.08. The standard InChI is InChI=1S/C6H9O2P/c7-6(8)9-4-2-1-3-5-9/h2,4H,1,3,5H2,(H,7,8). The average molecular weight is 144 g/mol. The Morgan fingerprint density at radius 3 is 2.78 bits per heavy atom. The molecule has 0 saturated carbocycles. The zero-order valence-corrected chi connectivity index (χ0v) is 5.97. The van der Waals surface area contributed by atoms with Gasteiger partial charge in [0.25, 0.3) is 0 Å². The van der Waals surface area contributed by atoms with Gasteiger partial charge in [-0.05, 0) is 19.0 Å². The molecule has 0 fully saturated rings. The number of hydrogen-bond donors (Lipinski definition) is 1. The first-order chi connectivity index (χ1) is 4.30. The number of carboxylic acid groups (broad SMARTS) is 1. The van der Waals surface area contributed by atoms with E-state index in [9.17, 15) is 4.79 Å². The van der Waals surface area contributed by atoms with Crippen LogP contribution in [0.5, 0.6) is 0 Å². The van der Waals surface area contributed by atoms with Crippen LogP contribution < -0.4 is 0 Å². The fourth-order valence-corrected chi connectivity index (χ4v) is 2.21. The highest BCUT2D eigenvalue weighted by molar-refractivity contribution is 7.76. The van der Waals surface area contributed by atoms with Gasteiger partial charge in [0.15, 0.2) is 0 Å². The van der Waals surface area contributed by atoms with E-state index < -0.39 is 13.6 Å². The van der Waals surface area contributed by atoms with Crippen molar-refractivity contribution >= 4 is 13.6 Å². The second-order valence-corrected chi connectivity index (χ2v) is 4.07. The Hall–Kier alpha value is -0.360. The summed E-state index contributed by atoms with van der Waals surface area (Å²) in [5, 5.41) is 8.52. The van der Waals surface area contributed by atoms with Crippen molar-refractivity contribution in [3.63, 3.8) is 0 Å². The van der Waals surface area contributed by atoms with Crippen LogP contribution in [0.3, 0.4) is 0 Å². The Morgan fingerprint density at radius 1 is 1.67 bits per heavy atom. The molecule has 3 heteroatoms. The quantitative estimate of drug-likeness (QED) is 0.574. The monoisotopic (exact) mass is 144 g/mol. The molecule has 1 aliphatic heterocycles. The lowest BCUT2D eigenvalue weighted by Crippen LogP contribution is -1.95. The van der Waals surface area contributed by atoms with Gasteiger partial charge in [0.2, 0.25) is 0 Å². The Morgan fingerprint density at radius 2 is 2.44 bits per heavy atom. The van der Waals surface area contributed by atoms with Gasteiger partial charge in [-0.3, -0.25) is 0 Å². The van der Waals surface area contributed by atoms with Gasteiger partial charge in [0.1, 0.15) is 0 Å². The van der Waals surface area contributed by atoms with Crippen molar-refractivity contribution in [2.45, 2.75) is 12.8 Å². The number of allylic oxidation sites excluding steroid dienone is 1. The van der Waals surface area contributed by atoms with Crippen molar-refractivity contribution in [3.05, 3.63) is 11.9 Å². The van der Waals surface area contributed by atoms with Gasteiger partial charge in [-0.15, -0.1) is 0 Å². The predicted molar refractivity (Wildman–Crippen MR) is 38.2 cm³/mol. The minimum Gasteiger partial charge on any atom is -0.478 e. The molecule has 0 bridgehead atoms. The van der Waals surface area contributed by atoms with Gasteiger partial charge in [-0.1, -0.05) is 11.9 Å². The van der Waals surface area contributed by atoms with E-state index in [-0.39, 0.29) is 0 Å². The summed E-state index contributed by atoms with van der Waals surface area (Å²) in [5.74, 6) is 1.85. The molecule has 9 heavy (non-hydrogen) atoms. The molecule has 50 valence electrons. The Kier molecular flexibility index (Phi) is 2.23. The molecule has 1 atom stereocenters. The molecule has 1 aliphatic rings. The minimum atomic E-state index is -0.795. The highest BCUT2D eigenvalue weighted by Crippen LogP contribution is 2.41. The molecule has 0 radical (unpaired) electrons. The van der Waals surface area contributed by atoms with E-state index in [0.29, 0.717) is 0 Å². The van der Waals surface area contributed by atoms with E-state index in [0.717, 1.165) is 19.0 Å². The molecule has 1 heterocycles. The lowest BCUT2D eigenvalue weighted by Gasteiger charge is -2.10. The van der Waals surface area contributed by atoms with Crippen LogP contribution in [-0.2, 0) is 0 Å². The van der Waals surface area contributed by atoms with Crippen LogP contribution in [0.4, 0.5) is 4.79 Å². The molecule has 1 rings (SSSR count). The van der Waals surface area contributed by atoms with Crippen LogP contribution in [0, 0.1) is 0 Å². The summed E-state index contributed by atoms with van der Waals surface area (Å²) in [6.07, 6.45) is 4.96.